The minimum Gasteiger partial charge on any atom is -0.269 e. The summed E-state index contributed by atoms with van der Waals surface area (Å²) in [5, 5.41) is 0. The van der Waals surface area contributed by atoms with Gasteiger partial charge in [-0.1, -0.05) is 0 Å². The van der Waals surface area contributed by atoms with E-state index in [0.29, 0.717) is 0 Å². The van der Waals surface area contributed by atoms with Crippen LogP contribution in [0.2, 0.25) is 0 Å². The van der Waals surface area contributed by atoms with Gasteiger partial charge in [0.05, 0.1) is 0 Å². The van der Waals surface area contributed by atoms with Crippen LogP contribution in [0.3, 0.4) is 0 Å². The van der Waals surface area contributed by atoms with E-state index < -0.39 is 0 Å². The normalized spacial score (nSPS) is 0. The fourth-order valence-electron chi connectivity index (χ4n) is 0. The Bertz CT molecular complexity index is 4.14. The van der Waals surface area contributed by atoms with E-state index in [1.54, 1.807) is 0 Å². The molecule has 0 radical (unpaired) electrons. The van der Waals surface area contributed by atoms with Crippen molar-refractivity contribution < 1.29 is 73.7 Å². The van der Waals surface area contributed by atoms with Crippen molar-refractivity contribution in [1.82, 2.24) is 0 Å². The van der Waals surface area contributed by atoms with Crippen molar-refractivity contribution in [2.45, 2.75) is 0 Å². The molecule has 56 valence electrons. The Balaban J connectivity index is 0. The summed E-state index contributed by atoms with van der Waals surface area (Å²) < 4.78 is 0. The number of rotatable bonds is 0. The Morgan fingerprint density at radius 2 is 0.286 bits per heavy atom. The van der Waals surface area contributed by atoms with Gasteiger partial charge in [0.1, 0.15) is 0 Å². The van der Waals surface area contributed by atoms with Crippen LogP contribution in [0.25, 0.3) is 0 Å². The molecule has 0 heterocycles. The second kappa shape index (κ2) is 231. The van der Waals surface area contributed by atoms with Gasteiger partial charge < -0.3 is 0 Å². The van der Waals surface area contributed by atoms with Crippen molar-refractivity contribution in [3.63, 3.8) is 0 Å². The van der Waals surface area contributed by atoms with E-state index in [-0.39, 0.29) is 73.7 Å². The minimum atomic E-state index is 0. The number of hydrogen-bond donors (Lipinski definition) is 0. The molecule has 0 aromatic carbocycles. The average Bonchev–Trinajstić information content (AvgIpc) is 0. The summed E-state index contributed by atoms with van der Waals surface area (Å²) in [5.74, 6) is 0. The molecule has 0 rings (SSSR count). The molecule has 0 fully saturated rings. The third-order valence-corrected chi connectivity index (χ3v) is 0. The molecule has 7 heavy (non-hydrogen) atoms. The van der Waals surface area contributed by atoms with Crippen molar-refractivity contribution in [2.24, 2.45) is 0 Å². The standard InChI is InChI=1S/6FH.Kr/h6*1H;. The van der Waals surface area contributed by atoms with Gasteiger partial charge in [-0.3, -0.25) is 28.2 Å². The first-order chi connectivity index (χ1) is 0. The van der Waals surface area contributed by atoms with Crippen molar-refractivity contribution >= 4 is 0 Å². The molecule has 0 aliphatic rings. The summed E-state index contributed by atoms with van der Waals surface area (Å²) in [6.07, 6.45) is 0. The zero-order chi connectivity index (χ0) is 0. The van der Waals surface area contributed by atoms with Crippen LogP contribution >= 0.6 is 0 Å². The van der Waals surface area contributed by atoms with Gasteiger partial charge in [0, 0.05) is 45.5 Å². The van der Waals surface area contributed by atoms with Crippen LogP contribution in [0.5, 0.6) is 0 Å². The Morgan fingerprint density at radius 3 is 0.286 bits per heavy atom. The largest absolute Gasteiger partial charge is 0.269 e. The van der Waals surface area contributed by atoms with E-state index in [1.807, 2.05) is 0 Å². The van der Waals surface area contributed by atoms with E-state index in [0.717, 1.165) is 0 Å². The fourth-order valence-corrected chi connectivity index (χ4v) is 0. The van der Waals surface area contributed by atoms with Crippen molar-refractivity contribution in [1.29, 1.82) is 0 Å². The first kappa shape index (κ1) is 357. The molecule has 0 bridgehead atoms. The molecule has 0 aliphatic heterocycles. The third kappa shape index (κ3) is 161. The number of hydrogen-bond acceptors (Lipinski definition) is 0. The SMILES string of the molecule is F.F.F.F.F.F.[Kr]. The second-order valence-electron chi connectivity index (χ2n) is 0. The van der Waals surface area contributed by atoms with E-state index in [4.69, 9.17) is 0 Å². The first-order valence-electron chi connectivity index (χ1n) is 0. The van der Waals surface area contributed by atoms with Gasteiger partial charge in [-0.05, 0) is 0 Å². The smallest absolute Gasteiger partial charge is 0 e. The van der Waals surface area contributed by atoms with Gasteiger partial charge in [-0.25, -0.2) is 0 Å². The van der Waals surface area contributed by atoms with Gasteiger partial charge in [0.2, 0.25) is 0 Å². The predicted octanol–water partition coefficient (Wildman–Crippen LogP) is 0.915. The quantitative estimate of drug-likeness (QED) is 0.514. The first-order valence-corrected chi connectivity index (χ1v) is 0. The zero-order valence-corrected chi connectivity index (χ0v) is 4.29. The van der Waals surface area contributed by atoms with Gasteiger partial charge in [0.15, 0.2) is 0 Å². The Labute approximate surface area is 73.1 Å². The molecular weight excluding hydrogens is 198 g/mol. The molecule has 0 saturated carbocycles. The fraction of sp³-hybridized carbons (Fsp3) is 0. The summed E-state index contributed by atoms with van der Waals surface area (Å²) in [6, 6.07) is 0. The monoisotopic (exact) mass is 204 g/mol. The summed E-state index contributed by atoms with van der Waals surface area (Å²) in [4.78, 5) is 0. The molecule has 0 saturated heterocycles. The Hall–Kier alpha value is 1.06. The summed E-state index contributed by atoms with van der Waals surface area (Å²) in [7, 11) is 0. The maximum atomic E-state index is 0. The van der Waals surface area contributed by atoms with Crippen LogP contribution in [0.1, 0.15) is 0 Å². The van der Waals surface area contributed by atoms with Gasteiger partial charge in [0.25, 0.3) is 0 Å². The van der Waals surface area contributed by atoms with Crippen molar-refractivity contribution in [3.05, 3.63) is 0 Å². The molecule has 0 aliphatic carbocycles. The van der Waals surface area contributed by atoms with Gasteiger partial charge in [-0.15, -0.1) is 0 Å². The van der Waals surface area contributed by atoms with Gasteiger partial charge >= 0.3 is 0 Å². The topological polar surface area (TPSA) is 0 Å². The molecule has 0 N–H and O–H groups in total. The summed E-state index contributed by atoms with van der Waals surface area (Å²) >= 11 is 0. The van der Waals surface area contributed by atoms with E-state index in [1.165, 1.54) is 0 Å². The van der Waals surface area contributed by atoms with Crippen LogP contribution < -0.4 is 0 Å². The van der Waals surface area contributed by atoms with Crippen LogP contribution in [-0.2, 0) is 0 Å². The molecule has 0 atom stereocenters. The maximum Gasteiger partial charge on any atom is 0 e. The van der Waals surface area contributed by atoms with E-state index >= 15 is 0 Å². The Kier molecular flexibility index (Phi) is 11800. The van der Waals surface area contributed by atoms with Crippen LogP contribution in [-0.4, -0.2) is 0 Å². The summed E-state index contributed by atoms with van der Waals surface area (Å²) in [5.41, 5.74) is 0. The zero-order valence-electron chi connectivity index (χ0n) is 2.80. The number of halogens is 6. The molecule has 0 unspecified atom stereocenters. The molecular formula is H6F6Kr. The minimum absolute atomic E-state index is 0. The van der Waals surface area contributed by atoms with Crippen LogP contribution in [0, 0.1) is 45.5 Å². The maximum absolute atomic E-state index is 0. The van der Waals surface area contributed by atoms with E-state index in [9.17, 15) is 0 Å². The van der Waals surface area contributed by atoms with Crippen LogP contribution in [0.15, 0.2) is 0 Å². The molecule has 0 aromatic heterocycles. The average molecular weight is 204 g/mol. The molecule has 7 heteroatoms. The predicted molar refractivity (Wildman–Crippen MR) is 15.0 cm³/mol. The summed E-state index contributed by atoms with van der Waals surface area (Å²) in [6.45, 7) is 0. The molecule has 0 nitrogen and oxygen atoms in total. The van der Waals surface area contributed by atoms with Crippen molar-refractivity contribution in [3.8, 4) is 0 Å². The molecule has 0 spiro atoms. The van der Waals surface area contributed by atoms with Crippen molar-refractivity contribution in [2.75, 3.05) is 0 Å². The molecule has 0 aromatic rings. The Morgan fingerprint density at radius 1 is 0.286 bits per heavy atom. The van der Waals surface area contributed by atoms with Gasteiger partial charge in [-0.2, -0.15) is 0 Å². The molecule has 0 amide bonds. The van der Waals surface area contributed by atoms with E-state index in [2.05, 4.69) is 0 Å². The van der Waals surface area contributed by atoms with Crippen LogP contribution in [0.4, 0.5) is 28.2 Å². The second-order valence-corrected chi connectivity index (χ2v) is 0. The third-order valence-electron chi connectivity index (χ3n) is 0.